The molecule has 38 heavy (non-hydrogen) atoms. The summed E-state index contributed by atoms with van der Waals surface area (Å²) in [5, 5.41) is 2.75. The van der Waals surface area contributed by atoms with Crippen LogP contribution in [0.1, 0.15) is 34.1 Å². The van der Waals surface area contributed by atoms with Gasteiger partial charge in [0.2, 0.25) is 0 Å². The lowest BCUT2D eigenvalue weighted by atomic mass is 10.0. The highest BCUT2D eigenvalue weighted by molar-refractivity contribution is 5.69. The first-order valence-corrected chi connectivity index (χ1v) is 12.9. The highest BCUT2D eigenvalue weighted by Crippen LogP contribution is 2.26. The van der Waals surface area contributed by atoms with E-state index in [1.54, 1.807) is 31.0 Å². The maximum atomic E-state index is 4.70. The molecule has 7 nitrogen and oxygen atoms in total. The summed E-state index contributed by atoms with van der Waals surface area (Å²) in [4.78, 5) is 26.7. The third-order valence-corrected chi connectivity index (χ3v) is 4.61. The first kappa shape index (κ1) is 29.9. The molecule has 4 aromatic heterocycles. The Labute approximate surface area is 226 Å². The number of rotatable bonds is 4. The molecule has 0 aliphatic rings. The van der Waals surface area contributed by atoms with Gasteiger partial charge in [0, 0.05) is 42.1 Å². The minimum Gasteiger partial charge on any atom is -0.323 e. The lowest BCUT2D eigenvalue weighted by molar-refractivity contribution is 1.02. The van der Waals surface area contributed by atoms with Crippen molar-refractivity contribution in [2.24, 2.45) is 0 Å². The van der Waals surface area contributed by atoms with Gasteiger partial charge in [0.1, 0.15) is 5.69 Å². The minimum atomic E-state index is 0.526. The Morgan fingerprint density at radius 2 is 1.11 bits per heavy atom. The molecule has 0 atom stereocenters. The van der Waals surface area contributed by atoms with Crippen molar-refractivity contribution < 1.29 is 0 Å². The van der Waals surface area contributed by atoms with Gasteiger partial charge >= 0.3 is 0 Å². The number of hydrogen-bond acceptors (Lipinski definition) is 7. The molecule has 0 spiro atoms. The quantitative estimate of drug-likeness (QED) is 0.280. The summed E-state index contributed by atoms with van der Waals surface area (Å²) in [7, 11) is 3.75. The molecule has 7 heteroatoms. The second-order valence-corrected chi connectivity index (χ2v) is 7.78. The first-order chi connectivity index (χ1) is 18.7. The summed E-state index contributed by atoms with van der Waals surface area (Å²) in [6.45, 7) is 8.25. The van der Waals surface area contributed by atoms with Gasteiger partial charge in [0.15, 0.2) is 17.5 Å². The van der Waals surface area contributed by atoms with Gasteiger partial charge in [-0.05, 0) is 61.6 Å². The zero-order valence-corrected chi connectivity index (χ0v) is 23.1. The molecule has 5 aromatic rings. The summed E-state index contributed by atoms with van der Waals surface area (Å²) in [6, 6.07) is 21.6. The topological polar surface area (TPSA) is 89.4 Å². The lowest BCUT2D eigenvalue weighted by Gasteiger charge is -2.08. The number of pyridine rings is 3. The van der Waals surface area contributed by atoms with Crippen LogP contribution in [0.2, 0.25) is 0 Å². The molecule has 4 heterocycles. The van der Waals surface area contributed by atoms with Crippen LogP contribution >= 0.6 is 0 Å². The molecule has 0 aliphatic heterocycles. The Morgan fingerprint density at radius 1 is 0.553 bits per heavy atom. The SMILES string of the molecule is CC.CCC.CNC.c1ccc(-c2nc(-c3ccc(-c4ccncc4)cc3)nc(-c3cccnc3)n2)nc1. The molecule has 1 aromatic carbocycles. The van der Waals surface area contributed by atoms with Gasteiger partial charge in [-0.15, -0.1) is 0 Å². The highest BCUT2D eigenvalue weighted by Gasteiger charge is 2.13. The van der Waals surface area contributed by atoms with Crippen molar-refractivity contribution in [3.05, 3.63) is 97.7 Å². The fourth-order valence-corrected chi connectivity index (χ4v) is 3.09. The van der Waals surface area contributed by atoms with E-state index in [1.807, 2.05) is 82.5 Å². The zero-order valence-electron chi connectivity index (χ0n) is 23.1. The Morgan fingerprint density at radius 3 is 1.66 bits per heavy atom. The largest absolute Gasteiger partial charge is 0.323 e. The second kappa shape index (κ2) is 17.2. The van der Waals surface area contributed by atoms with Crippen LogP contribution in [0, 0.1) is 0 Å². The predicted molar refractivity (Wildman–Crippen MR) is 157 cm³/mol. The van der Waals surface area contributed by atoms with Gasteiger partial charge in [0.05, 0.1) is 0 Å². The molecule has 0 aliphatic carbocycles. The Bertz CT molecular complexity index is 1240. The van der Waals surface area contributed by atoms with Crippen LogP contribution < -0.4 is 5.32 Å². The molecular weight excluding hydrogens is 470 g/mol. The van der Waals surface area contributed by atoms with Crippen LogP contribution in [0.4, 0.5) is 0 Å². The molecule has 196 valence electrons. The molecule has 5 rings (SSSR count). The number of benzene rings is 1. The van der Waals surface area contributed by atoms with E-state index in [0.29, 0.717) is 23.2 Å². The van der Waals surface area contributed by atoms with E-state index in [0.717, 1.165) is 22.3 Å². The molecule has 0 radical (unpaired) electrons. The van der Waals surface area contributed by atoms with Crippen molar-refractivity contribution in [1.82, 2.24) is 35.2 Å². The van der Waals surface area contributed by atoms with Crippen LogP contribution in [0.15, 0.2) is 97.7 Å². The van der Waals surface area contributed by atoms with E-state index < -0.39 is 0 Å². The van der Waals surface area contributed by atoms with Gasteiger partial charge in [-0.3, -0.25) is 15.0 Å². The number of aromatic nitrogens is 6. The molecule has 0 saturated heterocycles. The Hall–Kier alpha value is -4.36. The lowest BCUT2D eigenvalue weighted by Crippen LogP contribution is -2.01. The van der Waals surface area contributed by atoms with Crippen molar-refractivity contribution in [1.29, 1.82) is 0 Å². The number of nitrogens with zero attached hydrogens (tertiary/aromatic N) is 6. The van der Waals surface area contributed by atoms with E-state index in [2.05, 4.69) is 56.2 Å². The second-order valence-electron chi connectivity index (χ2n) is 7.78. The Balaban J connectivity index is 0.000000571. The van der Waals surface area contributed by atoms with Gasteiger partial charge < -0.3 is 5.32 Å². The monoisotopic (exact) mass is 507 g/mol. The molecular formula is C31H37N7. The molecule has 0 bridgehead atoms. The third kappa shape index (κ3) is 8.94. The molecule has 0 unspecified atom stereocenters. The van der Waals surface area contributed by atoms with Gasteiger partial charge in [0.25, 0.3) is 0 Å². The normalized spacial score (nSPS) is 9.53. The van der Waals surface area contributed by atoms with E-state index in [9.17, 15) is 0 Å². The fraction of sp³-hybridized carbons (Fsp3) is 0.226. The molecule has 0 fully saturated rings. The number of nitrogens with one attached hydrogen (secondary N) is 1. The van der Waals surface area contributed by atoms with Crippen molar-refractivity contribution in [2.45, 2.75) is 34.1 Å². The van der Waals surface area contributed by atoms with Crippen molar-refractivity contribution >= 4 is 0 Å². The maximum Gasteiger partial charge on any atom is 0.182 e. The van der Waals surface area contributed by atoms with Crippen LogP contribution in [-0.4, -0.2) is 44.0 Å². The van der Waals surface area contributed by atoms with Crippen LogP contribution in [0.25, 0.3) is 45.4 Å². The Kier molecular flexibility index (Phi) is 13.5. The molecule has 1 N–H and O–H groups in total. The molecule has 0 saturated carbocycles. The summed E-state index contributed by atoms with van der Waals surface area (Å²) in [5.41, 5.74) is 4.63. The van der Waals surface area contributed by atoms with Gasteiger partial charge in [-0.2, -0.15) is 0 Å². The van der Waals surface area contributed by atoms with Crippen molar-refractivity contribution in [2.75, 3.05) is 14.1 Å². The van der Waals surface area contributed by atoms with Crippen LogP contribution in [0.5, 0.6) is 0 Å². The third-order valence-electron chi connectivity index (χ3n) is 4.61. The van der Waals surface area contributed by atoms with E-state index in [-0.39, 0.29) is 0 Å². The highest BCUT2D eigenvalue weighted by atomic mass is 15.0. The standard InChI is InChI=1S/C24H16N6.C3H8.C2H7N.C2H6/c1-2-13-27-21(5-1)24-29-22(28-23(30-24)20-4-3-12-26-16-20)19-8-6-17(7-9-19)18-10-14-25-15-11-18;2*1-3-2;1-2/h1-16H;3H2,1-2H3;3H,1-2H3;1-2H3. The summed E-state index contributed by atoms with van der Waals surface area (Å²) < 4.78 is 0. The summed E-state index contributed by atoms with van der Waals surface area (Å²) in [6.07, 6.45) is 10.0. The number of hydrogen-bond donors (Lipinski definition) is 1. The predicted octanol–water partition coefficient (Wildman–Crippen LogP) is 7.00. The first-order valence-electron chi connectivity index (χ1n) is 12.9. The van der Waals surface area contributed by atoms with Crippen molar-refractivity contribution in [3.63, 3.8) is 0 Å². The fourth-order valence-electron chi connectivity index (χ4n) is 3.09. The molecule has 0 amide bonds. The zero-order chi connectivity index (χ0) is 27.6. The van der Waals surface area contributed by atoms with E-state index in [4.69, 9.17) is 4.98 Å². The van der Waals surface area contributed by atoms with E-state index in [1.165, 1.54) is 6.42 Å². The van der Waals surface area contributed by atoms with Gasteiger partial charge in [-0.25, -0.2) is 15.0 Å². The summed E-state index contributed by atoms with van der Waals surface area (Å²) >= 11 is 0. The average molecular weight is 508 g/mol. The van der Waals surface area contributed by atoms with E-state index >= 15 is 0 Å². The minimum absolute atomic E-state index is 0.526. The van der Waals surface area contributed by atoms with Crippen LogP contribution in [0.3, 0.4) is 0 Å². The van der Waals surface area contributed by atoms with Crippen LogP contribution in [-0.2, 0) is 0 Å². The van der Waals surface area contributed by atoms with Gasteiger partial charge in [-0.1, -0.05) is 64.4 Å². The van der Waals surface area contributed by atoms with Crippen molar-refractivity contribution in [3.8, 4) is 45.4 Å². The smallest absolute Gasteiger partial charge is 0.182 e. The maximum absolute atomic E-state index is 4.70. The summed E-state index contributed by atoms with van der Waals surface area (Å²) in [5.74, 6) is 1.68. The average Bonchev–Trinajstić information content (AvgIpc) is 3.00.